The Kier molecular flexibility index (Phi) is 8.23. The van der Waals surface area contributed by atoms with Gasteiger partial charge in [0, 0.05) is 35.8 Å². The molecule has 0 heterocycles. The minimum Gasteiger partial charge on any atom is -0.497 e. The van der Waals surface area contributed by atoms with Crippen LogP contribution in [0.3, 0.4) is 0 Å². The van der Waals surface area contributed by atoms with E-state index in [1.807, 2.05) is 20.8 Å². The van der Waals surface area contributed by atoms with Crippen molar-refractivity contribution in [1.82, 2.24) is 10.0 Å². The average molecular weight is 464 g/mol. The molecule has 3 N–H and O–H groups in total. The number of hydrogen-bond donors (Lipinski definition) is 3. The molecule has 2 rings (SSSR count). The van der Waals surface area contributed by atoms with Crippen LogP contribution in [-0.2, 0) is 14.8 Å². The molecule has 2 aromatic rings. The van der Waals surface area contributed by atoms with Gasteiger partial charge in [-0.05, 0) is 36.4 Å². The number of hydrogen-bond acceptors (Lipinski definition) is 6. The maximum atomic E-state index is 12.6. The maximum absolute atomic E-state index is 12.6. The summed E-state index contributed by atoms with van der Waals surface area (Å²) in [5.41, 5.74) is 0.440. The van der Waals surface area contributed by atoms with Gasteiger partial charge in [-0.2, -0.15) is 0 Å². The lowest BCUT2D eigenvalue weighted by molar-refractivity contribution is -0.123. The number of sulfonamides is 1. The number of anilines is 1. The summed E-state index contributed by atoms with van der Waals surface area (Å²) in [5.74, 6) is 0.0640. The van der Waals surface area contributed by atoms with E-state index in [4.69, 9.17) is 9.47 Å². The van der Waals surface area contributed by atoms with E-state index in [1.165, 1.54) is 26.4 Å². The summed E-state index contributed by atoms with van der Waals surface area (Å²) in [5, 5.41) is 5.43. The third kappa shape index (κ3) is 6.69. The number of carbonyl (C=O) groups is 2. The van der Waals surface area contributed by atoms with E-state index in [-0.39, 0.29) is 35.5 Å². The van der Waals surface area contributed by atoms with Crippen molar-refractivity contribution in [3.8, 4) is 11.5 Å². The molecule has 0 atom stereocenters. The number of amides is 2. The van der Waals surface area contributed by atoms with Crippen LogP contribution in [-0.4, -0.2) is 47.5 Å². The number of ether oxygens (including phenoxy) is 2. The third-order valence-corrected chi connectivity index (χ3v) is 5.93. The van der Waals surface area contributed by atoms with Crippen LogP contribution in [0.2, 0.25) is 0 Å². The molecule has 2 aromatic carbocycles. The van der Waals surface area contributed by atoms with Gasteiger partial charge >= 0.3 is 0 Å². The van der Waals surface area contributed by atoms with Crippen LogP contribution in [0.5, 0.6) is 11.5 Å². The fourth-order valence-electron chi connectivity index (χ4n) is 2.56. The molecule has 9 nitrogen and oxygen atoms in total. The minimum atomic E-state index is -3.87. The first-order valence-electron chi connectivity index (χ1n) is 9.89. The molecular weight excluding hydrogens is 434 g/mol. The highest BCUT2D eigenvalue weighted by atomic mass is 32.2. The molecule has 0 spiro atoms. The molecule has 174 valence electrons. The molecule has 0 aliphatic carbocycles. The van der Waals surface area contributed by atoms with Crippen molar-refractivity contribution in [1.29, 1.82) is 0 Å². The zero-order valence-electron chi connectivity index (χ0n) is 18.8. The lowest BCUT2D eigenvalue weighted by Gasteiger charge is -2.17. The quantitative estimate of drug-likeness (QED) is 0.491. The Balaban J connectivity index is 1.91. The highest BCUT2D eigenvalue weighted by molar-refractivity contribution is 7.89. The van der Waals surface area contributed by atoms with Crippen LogP contribution in [0.4, 0.5) is 5.69 Å². The van der Waals surface area contributed by atoms with E-state index >= 15 is 0 Å². The van der Waals surface area contributed by atoms with Crippen LogP contribution < -0.4 is 24.8 Å². The second-order valence-corrected chi connectivity index (χ2v) is 9.69. The van der Waals surface area contributed by atoms with Crippen LogP contribution in [0, 0.1) is 5.41 Å². The van der Waals surface area contributed by atoms with E-state index < -0.39 is 15.4 Å². The van der Waals surface area contributed by atoms with Gasteiger partial charge in [0.05, 0.1) is 14.2 Å². The van der Waals surface area contributed by atoms with E-state index in [2.05, 4.69) is 15.4 Å². The lowest BCUT2D eigenvalue weighted by atomic mass is 9.95. The monoisotopic (exact) mass is 463 g/mol. The van der Waals surface area contributed by atoms with Crippen molar-refractivity contribution in [3.05, 3.63) is 48.0 Å². The summed E-state index contributed by atoms with van der Waals surface area (Å²) in [6.07, 6.45) is 0. The van der Waals surface area contributed by atoms with Crippen molar-refractivity contribution >= 4 is 27.5 Å². The summed E-state index contributed by atoms with van der Waals surface area (Å²) >= 11 is 0. The Morgan fingerprint density at radius 1 is 0.938 bits per heavy atom. The molecule has 0 aliphatic rings. The van der Waals surface area contributed by atoms with Gasteiger partial charge < -0.3 is 20.1 Å². The smallest absolute Gasteiger partial charge is 0.251 e. The van der Waals surface area contributed by atoms with Crippen molar-refractivity contribution < 1.29 is 27.5 Å². The summed E-state index contributed by atoms with van der Waals surface area (Å²) in [6.45, 7) is 5.48. The summed E-state index contributed by atoms with van der Waals surface area (Å²) < 4.78 is 37.8. The Morgan fingerprint density at radius 3 is 2.16 bits per heavy atom. The molecule has 0 bridgehead atoms. The normalized spacial score (nSPS) is 11.5. The van der Waals surface area contributed by atoms with Crippen molar-refractivity contribution in [3.63, 3.8) is 0 Å². The summed E-state index contributed by atoms with van der Waals surface area (Å²) in [6, 6.07) is 10.9. The van der Waals surface area contributed by atoms with E-state index in [1.54, 1.807) is 30.3 Å². The summed E-state index contributed by atoms with van der Waals surface area (Å²) in [7, 11) is -1.06. The number of benzene rings is 2. The van der Waals surface area contributed by atoms with Crippen LogP contribution in [0.25, 0.3) is 0 Å². The first-order chi connectivity index (χ1) is 15.0. The topological polar surface area (TPSA) is 123 Å². The molecule has 32 heavy (non-hydrogen) atoms. The van der Waals surface area contributed by atoms with Crippen LogP contribution >= 0.6 is 0 Å². The largest absolute Gasteiger partial charge is 0.497 e. The zero-order chi connectivity index (χ0) is 23.9. The van der Waals surface area contributed by atoms with Gasteiger partial charge in [0.1, 0.15) is 16.4 Å². The van der Waals surface area contributed by atoms with E-state index in [9.17, 15) is 18.0 Å². The van der Waals surface area contributed by atoms with Crippen LogP contribution in [0.1, 0.15) is 31.1 Å². The van der Waals surface area contributed by atoms with Gasteiger partial charge in [0.25, 0.3) is 5.91 Å². The molecule has 0 aliphatic heterocycles. The molecule has 0 saturated carbocycles. The number of nitrogens with one attached hydrogen (secondary N) is 3. The number of carbonyl (C=O) groups excluding carboxylic acids is 2. The number of methoxy groups -OCH3 is 2. The first kappa shape index (κ1) is 25.2. The fraction of sp³-hybridized carbons (Fsp3) is 0.364. The van der Waals surface area contributed by atoms with Gasteiger partial charge in [0.2, 0.25) is 15.9 Å². The maximum Gasteiger partial charge on any atom is 0.251 e. The van der Waals surface area contributed by atoms with Gasteiger partial charge in [0.15, 0.2) is 0 Å². The van der Waals surface area contributed by atoms with Gasteiger partial charge in [-0.3, -0.25) is 9.59 Å². The second-order valence-electron chi connectivity index (χ2n) is 7.95. The van der Waals surface area contributed by atoms with E-state index in [0.717, 1.165) is 0 Å². The molecule has 0 unspecified atom stereocenters. The van der Waals surface area contributed by atoms with E-state index in [0.29, 0.717) is 17.0 Å². The molecule has 0 radical (unpaired) electrons. The van der Waals surface area contributed by atoms with Crippen molar-refractivity contribution in [2.45, 2.75) is 25.7 Å². The molecule has 0 aromatic heterocycles. The highest BCUT2D eigenvalue weighted by Crippen LogP contribution is 2.27. The summed E-state index contributed by atoms with van der Waals surface area (Å²) in [4.78, 5) is 24.3. The zero-order valence-corrected chi connectivity index (χ0v) is 19.6. The Bertz CT molecular complexity index is 1060. The van der Waals surface area contributed by atoms with Crippen molar-refractivity contribution in [2.75, 3.05) is 32.6 Å². The van der Waals surface area contributed by atoms with Gasteiger partial charge in [-0.25, -0.2) is 13.1 Å². The predicted molar refractivity (Wildman–Crippen MR) is 122 cm³/mol. The Morgan fingerprint density at radius 2 is 1.59 bits per heavy atom. The Labute approximate surface area is 188 Å². The number of rotatable bonds is 9. The second kappa shape index (κ2) is 10.5. The standard InChI is InChI=1S/C22H29N3O6S/c1-22(2,3)21(27)25-16-8-6-15(7-9-16)20(26)23-12-13-24-32(28,29)19-14-17(30-4)10-11-18(19)31-5/h6-11,14,24H,12-13H2,1-5H3,(H,23,26)(H,25,27). The molecule has 10 heteroatoms. The molecular formula is C22H29N3O6S. The van der Waals surface area contributed by atoms with Crippen LogP contribution in [0.15, 0.2) is 47.4 Å². The van der Waals surface area contributed by atoms with Crippen molar-refractivity contribution in [2.24, 2.45) is 5.41 Å². The lowest BCUT2D eigenvalue weighted by Crippen LogP contribution is -2.34. The predicted octanol–water partition coefficient (Wildman–Crippen LogP) is 2.40. The minimum absolute atomic E-state index is 0.0197. The Hall–Kier alpha value is -3.11. The van der Waals surface area contributed by atoms with Gasteiger partial charge in [-0.15, -0.1) is 0 Å². The molecule has 2 amide bonds. The first-order valence-corrected chi connectivity index (χ1v) is 11.4. The molecule has 0 saturated heterocycles. The average Bonchev–Trinajstić information content (AvgIpc) is 2.75. The fourth-order valence-corrected chi connectivity index (χ4v) is 3.77. The highest BCUT2D eigenvalue weighted by Gasteiger charge is 2.22. The SMILES string of the molecule is COc1ccc(OC)c(S(=O)(=O)NCCNC(=O)c2ccc(NC(=O)C(C)(C)C)cc2)c1. The molecule has 0 fully saturated rings. The van der Waals surface area contributed by atoms with Gasteiger partial charge in [-0.1, -0.05) is 20.8 Å². The third-order valence-electron chi connectivity index (χ3n) is 4.45.